The summed E-state index contributed by atoms with van der Waals surface area (Å²) in [6.45, 7) is 7.17. The van der Waals surface area contributed by atoms with Crippen molar-refractivity contribution in [2.75, 3.05) is 33.4 Å². The smallest absolute Gasteiger partial charge is 0.132 e. The SMILES string of the molecule is CCC[N+](CCC)(CCO)OC. The van der Waals surface area contributed by atoms with Crippen LogP contribution < -0.4 is 0 Å². The Balaban J connectivity index is 4.06. The third-order valence-electron chi connectivity index (χ3n) is 2.16. The predicted molar refractivity (Wildman–Crippen MR) is 49.5 cm³/mol. The maximum absolute atomic E-state index is 8.89. The van der Waals surface area contributed by atoms with Crippen molar-refractivity contribution in [3.05, 3.63) is 0 Å². The quantitative estimate of drug-likeness (QED) is 0.466. The van der Waals surface area contributed by atoms with Crippen molar-refractivity contribution in [2.24, 2.45) is 0 Å². The van der Waals surface area contributed by atoms with E-state index >= 15 is 0 Å². The molecule has 0 aromatic carbocycles. The highest BCUT2D eigenvalue weighted by Gasteiger charge is 2.25. The van der Waals surface area contributed by atoms with Gasteiger partial charge in [-0.1, -0.05) is 13.8 Å². The minimum absolute atomic E-state index is 0.202. The molecule has 0 heterocycles. The maximum Gasteiger partial charge on any atom is 0.132 e. The van der Waals surface area contributed by atoms with Crippen LogP contribution in [-0.4, -0.2) is 43.1 Å². The number of hydroxylamine groups is 3. The first-order valence-corrected chi connectivity index (χ1v) is 4.77. The van der Waals surface area contributed by atoms with E-state index < -0.39 is 0 Å². The Bertz CT molecular complexity index is 89.7. The van der Waals surface area contributed by atoms with Crippen LogP contribution in [0, 0.1) is 0 Å². The molecule has 0 aliphatic rings. The van der Waals surface area contributed by atoms with Crippen molar-refractivity contribution in [2.45, 2.75) is 26.7 Å². The van der Waals surface area contributed by atoms with Crippen LogP contribution in [0.3, 0.4) is 0 Å². The van der Waals surface area contributed by atoms with E-state index in [-0.39, 0.29) is 6.61 Å². The first-order valence-electron chi connectivity index (χ1n) is 4.77. The van der Waals surface area contributed by atoms with Gasteiger partial charge in [0.2, 0.25) is 0 Å². The van der Waals surface area contributed by atoms with Crippen LogP contribution in [0.2, 0.25) is 0 Å². The van der Waals surface area contributed by atoms with Crippen LogP contribution in [0.25, 0.3) is 0 Å². The summed E-state index contributed by atoms with van der Waals surface area (Å²) in [5.74, 6) is 0. The third kappa shape index (κ3) is 3.52. The standard InChI is InChI=1S/C9H22NO2/c1-4-6-10(12-3,7-5-2)8-9-11/h11H,4-9H2,1-3H3/q+1. The van der Waals surface area contributed by atoms with E-state index in [0.29, 0.717) is 11.2 Å². The van der Waals surface area contributed by atoms with E-state index in [1.165, 1.54) is 0 Å². The predicted octanol–water partition coefficient (Wildman–Crippen LogP) is 1.18. The molecule has 0 aliphatic carbocycles. The second-order valence-electron chi connectivity index (χ2n) is 3.14. The fourth-order valence-electron chi connectivity index (χ4n) is 1.61. The van der Waals surface area contributed by atoms with Gasteiger partial charge in [-0.3, -0.25) is 0 Å². The monoisotopic (exact) mass is 176 g/mol. The van der Waals surface area contributed by atoms with Gasteiger partial charge in [-0.25, -0.2) is 4.84 Å². The summed E-state index contributed by atoms with van der Waals surface area (Å²) in [7, 11) is 1.72. The maximum atomic E-state index is 8.89. The van der Waals surface area contributed by atoms with Gasteiger partial charge < -0.3 is 5.11 Å². The fourth-order valence-corrected chi connectivity index (χ4v) is 1.61. The summed E-state index contributed by atoms with van der Waals surface area (Å²) in [4.78, 5) is 5.44. The molecule has 74 valence electrons. The Morgan fingerprint density at radius 1 is 1.08 bits per heavy atom. The van der Waals surface area contributed by atoms with Crippen LogP contribution in [0.15, 0.2) is 0 Å². The molecule has 0 bridgehead atoms. The van der Waals surface area contributed by atoms with E-state index in [2.05, 4.69) is 13.8 Å². The molecule has 12 heavy (non-hydrogen) atoms. The van der Waals surface area contributed by atoms with E-state index in [1.807, 2.05) is 0 Å². The van der Waals surface area contributed by atoms with Crippen LogP contribution in [0.5, 0.6) is 0 Å². The van der Waals surface area contributed by atoms with Crippen molar-refractivity contribution < 1.29 is 14.6 Å². The molecule has 3 nitrogen and oxygen atoms in total. The fraction of sp³-hybridized carbons (Fsp3) is 1.00. The summed E-state index contributed by atoms with van der Waals surface area (Å²) in [5, 5.41) is 8.89. The van der Waals surface area contributed by atoms with E-state index in [0.717, 1.165) is 25.9 Å². The summed E-state index contributed by atoms with van der Waals surface area (Å²) >= 11 is 0. The van der Waals surface area contributed by atoms with Crippen LogP contribution in [0.4, 0.5) is 0 Å². The molecule has 0 saturated heterocycles. The van der Waals surface area contributed by atoms with Crippen LogP contribution >= 0.6 is 0 Å². The lowest BCUT2D eigenvalue weighted by Gasteiger charge is -2.33. The van der Waals surface area contributed by atoms with Crippen molar-refractivity contribution in [3.63, 3.8) is 0 Å². The van der Waals surface area contributed by atoms with Crippen molar-refractivity contribution in [3.8, 4) is 0 Å². The zero-order chi connectivity index (χ0) is 9.45. The summed E-state index contributed by atoms with van der Waals surface area (Å²) < 4.78 is 0.601. The first-order chi connectivity index (χ1) is 5.74. The Morgan fingerprint density at radius 3 is 1.83 bits per heavy atom. The number of quaternary nitrogens is 1. The van der Waals surface area contributed by atoms with E-state index in [1.54, 1.807) is 7.11 Å². The average molecular weight is 176 g/mol. The molecule has 0 spiro atoms. The van der Waals surface area contributed by atoms with Gasteiger partial charge in [0, 0.05) is 0 Å². The minimum Gasteiger partial charge on any atom is -0.390 e. The summed E-state index contributed by atoms with van der Waals surface area (Å²) in [6.07, 6.45) is 2.18. The normalized spacial score (nSPS) is 12.0. The van der Waals surface area contributed by atoms with Gasteiger partial charge in [-0.05, 0) is 12.8 Å². The van der Waals surface area contributed by atoms with Gasteiger partial charge in [0.05, 0.1) is 13.7 Å². The number of hydrogen-bond donors (Lipinski definition) is 1. The van der Waals surface area contributed by atoms with Crippen LogP contribution in [-0.2, 0) is 4.84 Å². The van der Waals surface area contributed by atoms with Gasteiger partial charge in [0.1, 0.15) is 19.6 Å². The lowest BCUT2D eigenvalue weighted by molar-refractivity contribution is -1.10. The molecule has 0 aromatic heterocycles. The number of aliphatic hydroxyl groups excluding tert-OH is 1. The average Bonchev–Trinajstić information content (AvgIpc) is 2.06. The van der Waals surface area contributed by atoms with E-state index in [9.17, 15) is 0 Å². The molecule has 0 radical (unpaired) electrons. The second-order valence-corrected chi connectivity index (χ2v) is 3.14. The highest BCUT2D eigenvalue weighted by Crippen LogP contribution is 2.09. The third-order valence-corrected chi connectivity index (χ3v) is 2.16. The molecule has 0 aromatic rings. The number of hydrogen-bond acceptors (Lipinski definition) is 2. The minimum atomic E-state index is 0.202. The van der Waals surface area contributed by atoms with Gasteiger partial charge in [-0.15, -0.1) is 0 Å². The molecule has 3 heteroatoms. The molecule has 0 rings (SSSR count). The zero-order valence-corrected chi connectivity index (χ0v) is 8.55. The highest BCUT2D eigenvalue weighted by molar-refractivity contribution is 4.34. The molecule has 0 fully saturated rings. The lowest BCUT2D eigenvalue weighted by atomic mass is 10.3. The number of rotatable bonds is 7. The van der Waals surface area contributed by atoms with Gasteiger partial charge in [0.25, 0.3) is 0 Å². The zero-order valence-electron chi connectivity index (χ0n) is 8.55. The molecular formula is C9H22NO2+. The largest absolute Gasteiger partial charge is 0.390 e. The van der Waals surface area contributed by atoms with E-state index in [4.69, 9.17) is 9.94 Å². The molecule has 0 atom stereocenters. The van der Waals surface area contributed by atoms with Crippen molar-refractivity contribution in [1.82, 2.24) is 0 Å². The Kier molecular flexibility index (Phi) is 6.34. The Labute approximate surface area is 75.5 Å². The summed E-state index contributed by atoms with van der Waals surface area (Å²) in [6, 6.07) is 0. The molecule has 1 N–H and O–H groups in total. The lowest BCUT2D eigenvalue weighted by Crippen LogP contribution is -2.49. The molecule has 0 aliphatic heterocycles. The first kappa shape index (κ1) is 11.9. The second kappa shape index (κ2) is 6.40. The molecule has 0 amide bonds. The van der Waals surface area contributed by atoms with Gasteiger partial charge in [0.15, 0.2) is 0 Å². The van der Waals surface area contributed by atoms with Crippen molar-refractivity contribution in [1.29, 1.82) is 0 Å². The number of nitrogens with zero attached hydrogens (tertiary/aromatic N) is 1. The van der Waals surface area contributed by atoms with Crippen molar-refractivity contribution >= 4 is 0 Å². The topological polar surface area (TPSA) is 29.5 Å². The number of aliphatic hydroxyl groups is 1. The van der Waals surface area contributed by atoms with Gasteiger partial charge >= 0.3 is 0 Å². The highest BCUT2D eigenvalue weighted by atomic mass is 16.7. The Morgan fingerprint density at radius 2 is 1.58 bits per heavy atom. The molecule has 0 saturated carbocycles. The molecular weight excluding hydrogens is 154 g/mol. The Hall–Kier alpha value is -0.120. The summed E-state index contributed by atoms with van der Waals surface area (Å²) in [5.41, 5.74) is 0. The van der Waals surface area contributed by atoms with Gasteiger partial charge in [-0.2, -0.15) is 4.65 Å². The molecule has 0 unspecified atom stereocenters. The van der Waals surface area contributed by atoms with Crippen LogP contribution in [0.1, 0.15) is 26.7 Å².